The van der Waals surface area contributed by atoms with Crippen molar-refractivity contribution in [2.24, 2.45) is 0 Å². The zero-order chi connectivity index (χ0) is 13.7. The molecular formula is C15H20Br2O2. The van der Waals surface area contributed by atoms with E-state index in [1.807, 2.05) is 6.08 Å². The molecule has 4 heteroatoms. The third kappa shape index (κ3) is 4.30. The van der Waals surface area contributed by atoms with Gasteiger partial charge in [0.15, 0.2) is 0 Å². The van der Waals surface area contributed by atoms with Crippen molar-refractivity contribution >= 4 is 31.9 Å². The number of ether oxygens (including phenoxy) is 2. The van der Waals surface area contributed by atoms with Crippen LogP contribution in [0.1, 0.15) is 32.6 Å². The molecule has 0 saturated carbocycles. The Morgan fingerprint density at radius 2 is 2.11 bits per heavy atom. The lowest BCUT2D eigenvalue weighted by Gasteiger charge is -2.28. The summed E-state index contributed by atoms with van der Waals surface area (Å²) in [5, 5.41) is 0. The van der Waals surface area contributed by atoms with E-state index >= 15 is 0 Å². The van der Waals surface area contributed by atoms with Crippen molar-refractivity contribution in [1.82, 2.24) is 0 Å². The molecule has 0 radical (unpaired) electrons. The van der Waals surface area contributed by atoms with Gasteiger partial charge in [0.05, 0.1) is 24.4 Å². The van der Waals surface area contributed by atoms with Gasteiger partial charge in [0.25, 0.3) is 0 Å². The van der Waals surface area contributed by atoms with Crippen LogP contribution in [0.4, 0.5) is 0 Å². The second kappa shape index (κ2) is 7.80. The number of fused-ring (bicyclic) bond motifs is 1. The minimum atomic E-state index is 0.117. The highest BCUT2D eigenvalue weighted by molar-refractivity contribution is 9.11. The van der Waals surface area contributed by atoms with Crippen LogP contribution in [0.5, 0.6) is 0 Å². The fraction of sp³-hybridized carbons (Fsp3) is 0.667. The summed E-state index contributed by atoms with van der Waals surface area (Å²) in [6.07, 6.45) is 11.1. The smallest absolute Gasteiger partial charge is 0.0880 e. The van der Waals surface area contributed by atoms with Crippen LogP contribution < -0.4 is 0 Å². The van der Waals surface area contributed by atoms with Crippen molar-refractivity contribution in [3.8, 4) is 0 Å². The van der Waals surface area contributed by atoms with Crippen molar-refractivity contribution in [3.05, 3.63) is 28.9 Å². The first-order valence-corrected chi connectivity index (χ1v) is 8.69. The molecular weight excluding hydrogens is 372 g/mol. The maximum Gasteiger partial charge on any atom is 0.0880 e. The molecule has 0 aliphatic carbocycles. The molecule has 0 bridgehead atoms. The van der Waals surface area contributed by atoms with Crippen LogP contribution in [-0.2, 0) is 9.47 Å². The average molecular weight is 392 g/mol. The minimum absolute atomic E-state index is 0.117. The summed E-state index contributed by atoms with van der Waals surface area (Å²) in [5.41, 5.74) is 3.04. The Labute approximate surface area is 132 Å². The lowest BCUT2D eigenvalue weighted by Crippen LogP contribution is -2.34. The Balaban J connectivity index is 2.04. The largest absolute Gasteiger partial charge is 0.371 e. The molecule has 1 fully saturated rings. The molecule has 0 spiro atoms. The number of hydrogen-bond acceptors (Lipinski definition) is 2. The number of hydrogen-bond donors (Lipinski definition) is 0. The molecule has 0 N–H and O–H groups in total. The molecule has 2 aliphatic rings. The van der Waals surface area contributed by atoms with E-state index in [1.54, 1.807) is 4.99 Å². The minimum Gasteiger partial charge on any atom is -0.371 e. The Hall–Kier alpha value is 0.140. The number of halogens is 2. The van der Waals surface area contributed by atoms with Gasteiger partial charge in [0, 0.05) is 16.2 Å². The maximum absolute atomic E-state index is 6.29. The van der Waals surface area contributed by atoms with Gasteiger partial charge in [-0.1, -0.05) is 50.9 Å². The second-order valence-electron chi connectivity index (χ2n) is 4.97. The first-order valence-electron chi connectivity index (χ1n) is 6.85. The van der Waals surface area contributed by atoms with Crippen LogP contribution in [0, 0.1) is 0 Å². The van der Waals surface area contributed by atoms with Gasteiger partial charge in [-0.15, -0.1) is 5.73 Å². The van der Waals surface area contributed by atoms with Gasteiger partial charge in [-0.25, -0.2) is 0 Å². The van der Waals surface area contributed by atoms with E-state index in [2.05, 4.69) is 56.7 Å². The van der Waals surface area contributed by atoms with Crippen LogP contribution in [0.15, 0.2) is 28.9 Å². The van der Waals surface area contributed by atoms with Crippen molar-refractivity contribution in [2.75, 3.05) is 0 Å². The fourth-order valence-corrected chi connectivity index (χ4v) is 3.08. The maximum atomic E-state index is 6.29. The summed E-state index contributed by atoms with van der Waals surface area (Å²) in [6.45, 7) is 2.18. The van der Waals surface area contributed by atoms with E-state index in [1.165, 1.54) is 0 Å². The first-order chi connectivity index (χ1) is 9.24. The van der Waals surface area contributed by atoms with Gasteiger partial charge in [-0.3, -0.25) is 0 Å². The van der Waals surface area contributed by atoms with Crippen LogP contribution in [0.2, 0.25) is 0 Å². The van der Waals surface area contributed by atoms with Crippen molar-refractivity contribution in [3.63, 3.8) is 0 Å². The van der Waals surface area contributed by atoms with Crippen LogP contribution >= 0.6 is 31.9 Å². The summed E-state index contributed by atoms with van der Waals surface area (Å²) < 4.78 is 12.3. The highest BCUT2D eigenvalue weighted by Crippen LogP contribution is 2.31. The molecule has 2 aliphatic heterocycles. The van der Waals surface area contributed by atoms with Gasteiger partial charge in [0.2, 0.25) is 0 Å². The Kier molecular flexibility index (Phi) is 6.37. The standard InChI is InChI=1S/C15H20Br2O2/c1-2-12(17)13-7-3-4-8-14-15(19-13)10-11(18-14)6-5-9-16/h3-4,6,9,11-15H,2,7-8,10H2,1H3/t5?,11-,12+,13-,14-,15+/m1/s1. The van der Waals surface area contributed by atoms with Gasteiger partial charge in [0.1, 0.15) is 0 Å². The van der Waals surface area contributed by atoms with Gasteiger partial charge >= 0.3 is 0 Å². The van der Waals surface area contributed by atoms with E-state index in [0.29, 0.717) is 4.83 Å². The molecule has 0 amide bonds. The molecule has 0 aromatic rings. The summed E-state index contributed by atoms with van der Waals surface area (Å²) in [5.74, 6) is 0. The normalized spacial score (nSPS) is 35.7. The summed E-state index contributed by atoms with van der Waals surface area (Å²) >= 11 is 6.95. The van der Waals surface area contributed by atoms with Crippen LogP contribution in [0.25, 0.3) is 0 Å². The molecule has 0 aromatic heterocycles. The van der Waals surface area contributed by atoms with Gasteiger partial charge < -0.3 is 9.47 Å². The number of alkyl halides is 1. The van der Waals surface area contributed by atoms with Gasteiger partial charge in [-0.05, 0) is 25.3 Å². The highest BCUT2D eigenvalue weighted by atomic mass is 79.9. The molecule has 106 valence electrons. The molecule has 5 atom stereocenters. The molecule has 2 rings (SSSR count). The third-order valence-electron chi connectivity index (χ3n) is 3.62. The zero-order valence-electron chi connectivity index (χ0n) is 11.1. The van der Waals surface area contributed by atoms with Crippen LogP contribution in [-0.4, -0.2) is 29.2 Å². The quantitative estimate of drug-likeness (QED) is 0.401. The highest BCUT2D eigenvalue weighted by Gasteiger charge is 2.37. The molecule has 1 saturated heterocycles. The summed E-state index contributed by atoms with van der Waals surface area (Å²) in [4.78, 5) is 2.14. The van der Waals surface area contributed by atoms with Crippen LogP contribution in [0.3, 0.4) is 0 Å². The van der Waals surface area contributed by atoms with E-state index in [4.69, 9.17) is 9.47 Å². The molecule has 2 nitrogen and oxygen atoms in total. The van der Waals surface area contributed by atoms with E-state index in [-0.39, 0.29) is 24.4 Å². The Morgan fingerprint density at radius 3 is 2.84 bits per heavy atom. The molecule has 2 heterocycles. The zero-order valence-corrected chi connectivity index (χ0v) is 14.3. The van der Waals surface area contributed by atoms with Crippen molar-refractivity contribution in [2.45, 2.75) is 61.9 Å². The monoisotopic (exact) mass is 390 g/mol. The summed E-state index contributed by atoms with van der Waals surface area (Å²) in [7, 11) is 0. The first kappa shape index (κ1) is 15.5. The Morgan fingerprint density at radius 1 is 1.32 bits per heavy atom. The van der Waals surface area contributed by atoms with E-state index in [9.17, 15) is 0 Å². The van der Waals surface area contributed by atoms with Gasteiger partial charge in [-0.2, -0.15) is 0 Å². The van der Waals surface area contributed by atoms with Crippen molar-refractivity contribution in [1.29, 1.82) is 0 Å². The second-order valence-corrected chi connectivity index (χ2v) is 6.61. The molecule has 0 unspecified atom stereocenters. The average Bonchev–Trinajstić information content (AvgIpc) is 2.77. The molecule has 0 aromatic carbocycles. The number of rotatable bonds is 3. The van der Waals surface area contributed by atoms with E-state index in [0.717, 1.165) is 25.7 Å². The third-order valence-corrected chi connectivity index (χ3v) is 5.12. The Bertz CT molecular complexity index is 374. The SMILES string of the molecule is CC[C@H](Br)[C@H]1CC=CC[C@H]2O[C@H](C=C=CBr)C[C@@H]2O1. The predicted octanol–water partition coefficient (Wildman–Crippen LogP) is 4.48. The predicted molar refractivity (Wildman–Crippen MR) is 84.9 cm³/mol. The lowest BCUT2D eigenvalue weighted by atomic mass is 10.0. The fourth-order valence-electron chi connectivity index (χ4n) is 2.59. The topological polar surface area (TPSA) is 18.5 Å². The lowest BCUT2D eigenvalue weighted by molar-refractivity contribution is -0.0540. The summed E-state index contributed by atoms with van der Waals surface area (Å²) in [6, 6.07) is 0. The molecule has 19 heavy (non-hydrogen) atoms. The van der Waals surface area contributed by atoms with Crippen molar-refractivity contribution < 1.29 is 9.47 Å². The van der Waals surface area contributed by atoms with E-state index < -0.39 is 0 Å².